The number of aliphatic hydroxyl groups excluding tert-OH is 1. The van der Waals surface area contributed by atoms with E-state index in [0.717, 1.165) is 47.4 Å². The molecule has 7 nitrogen and oxygen atoms in total. The van der Waals surface area contributed by atoms with E-state index in [9.17, 15) is 5.11 Å². The highest BCUT2D eigenvalue weighted by atomic mass is 35.5. The van der Waals surface area contributed by atoms with Gasteiger partial charge in [0, 0.05) is 16.6 Å². The van der Waals surface area contributed by atoms with E-state index in [-0.39, 0.29) is 6.61 Å². The molecule has 0 bridgehead atoms. The summed E-state index contributed by atoms with van der Waals surface area (Å²) in [5.41, 5.74) is 1.96. The van der Waals surface area contributed by atoms with Crippen LogP contribution in [0.3, 0.4) is 0 Å². The van der Waals surface area contributed by atoms with Crippen LogP contribution in [0.2, 0.25) is 10.2 Å². The number of fused-ring (bicyclic) bond motifs is 1. The largest absolute Gasteiger partial charge is 0.394 e. The van der Waals surface area contributed by atoms with Crippen LogP contribution in [0.25, 0.3) is 10.9 Å². The van der Waals surface area contributed by atoms with Crippen molar-refractivity contribution in [1.29, 1.82) is 0 Å². The van der Waals surface area contributed by atoms with E-state index in [0.29, 0.717) is 22.7 Å². The maximum atomic E-state index is 9.58. The molecular formula is C21H26Cl2N6O. The number of halogens is 2. The second-order valence-corrected chi connectivity index (χ2v) is 9.33. The van der Waals surface area contributed by atoms with Crippen molar-refractivity contribution in [2.75, 3.05) is 32.1 Å². The zero-order chi connectivity index (χ0) is 21.5. The zero-order valence-electron chi connectivity index (χ0n) is 17.4. The number of nitrogens with one attached hydrogen (secondary N) is 1. The summed E-state index contributed by atoms with van der Waals surface area (Å²) in [5, 5.41) is 19.1. The van der Waals surface area contributed by atoms with Gasteiger partial charge in [-0.25, -0.2) is 14.6 Å². The van der Waals surface area contributed by atoms with E-state index >= 15 is 0 Å². The fourth-order valence-corrected chi connectivity index (χ4v) is 4.48. The van der Waals surface area contributed by atoms with Crippen LogP contribution in [0.1, 0.15) is 38.2 Å². The molecule has 0 atom stereocenters. The number of hydrogen-bond donors (Lipinski definition) is 2. The van der Waals surface area contributed by atoms with Crippen molar-refractivity contribution < 1.29 is 5.11 Å². The molecule has 0 saturated carbocycles. The normalized spacial score (nSPS) is 16.3. The summed E-state index contributed by atoms with van der Waals surface area (Å²) in [6.07, 6.45) is 5.55. The Labute approximate surface area is 186 Å². The lowest BCUT2D eigenvalue weighted by molar-refractivity contribution is 0.152. The first-order valence-corrected chi connectivity index (χ1v) is 10.8. The fraction of sp³-hybridized carbons (Fsp3) is 0.476. The van der Waals surface area contributed by atoms with Gasteiger partial charge in [0.2, 0.25) is 5.95 Å². The molecule has 1 aliphatic heterocycles. The quantitative estimate of drug-likeness (QED) is 0.601. The maximum absolute atomic E-state index is 9.58. The van der Waals surface area contributed by atoms with E-state index in [2.05, 4.69) is 38.4 Å². The topological polar surface area (TPSA) is 79.1 Å². The number of hydrogen-bond acceptors (Lipinski definition) is 6. The highest BCUT2D eigenvalue weighted by Crippen LogP contribution is 2.35. The van der Waals surface area contributed by atoms with Crippen LogP contribution < -0.4 is 5.32 Å². The molecule has 1 aromatic carbocycles. The lowest BCUT2D eigenvalue weighted by Gasteiger charge is -2.29. The molecule has 0 amide bonds. The molecule has 3 heterocycles. The van der Waals surface area contributed by atoms with Crippen LogP contribution in [0.5, 0.6) is 0 Å². The van der Waals surface area contributed by atoms with Crippen LogP contribution in [-0.4, -0.2) is 56.5 Å². The van der Waals surface area contributed by atoms with Gasteiger partial charge in [0.25, 0.3) is 0 Å². The Morgan fingerprint density at radius 1 is 1.20 bits per heavy atom. The first-order valence-electron chi connectivity index (χ1n) is 10.0. The molecule has 1 aliphatic rings. The summed E-state index contributed by atoms with van der Waals surface area (Å²) < 4.78 is 1.58. The number of benzene rings is 1. The molecule has 4 rings (SSSR count). The van der Waals surface area contributed by atoms with Gasteiger partial charge in [0.1, 0.15) is 0 Å². The van der Waals surface area contributed by atoms with Gasteiger partial charge in [-0.1, -0.05) is 23.2 Å². The van der Waals surface area contributed by atoms with Crippen LogP contribution in [0.4, 0.5) is 11.6 Å². The van der Waals surface area contributed by atoms with Gasteiger partial charge in [0.05, 0.1) is 29.5 Å². The van der Waals surface area contributed by atoms with Gasteiger partial charge in [0.15, 0.2) is 5.15 Å². The molecule has 1 fully saturated rings. The summed E-state index contributed by atoms with van der Waals surface area (Å²) in [5.74, 6) is 0.875. The molecule has 2 aromatic heterocycles. The molecule has 2 N–H and O–H groups in total. The molecule has 9 heteroatoms. The Kier molecular flexibility index (Phi) is 5.90. The van der Waals surface area contributed by atoms with E-state index in [1.54, 1.807) is 17.1 Å². The SMILES string of the molecule is CN1CCC(c2cc3nc(Nc4cnn(C(C)(C)CO)c4Cl)ncc3cc2Cl)CC1. The Balaban J connectivity index is 1.63. The van der Waals surface area contributed by atoms with Gasteiger partial charge in [-0.15, -0.1) is 0 Å². The van der Waals surface area contributed by atoms with Crippen molar-refractivity contribution in [2.24, 2.45) is 0 Å². The van der Waals surface area contributed by atoms with Crippen LogP contribution in [0, 0.1) is 0 Å². The van der Waals surface area contributed by atoms with E-state index in [1.165, 1.54) is 0 Å². The molecule has 3 aromatic rings. The average molecular weight is 449 g/mol. The number of aliphatic hydroxyl groups is 1. The number of rotatable bonds is 5. The minimum absolute atomic E-state index is 0.0825. The highest BCUT2D eigenvalue weighted by molar-refractivity contribution is 6.32. The number of anilines is 2. The molecule has 30 heavy (non-hydrogen) atoms. The minimum atomic E-state index is -0.610. The highest BCUT2D eigenvalue weighted by Gasteiger charge is 2.25. The van der Waals surface area contributed by atoms with Crippen molar-refractivity contribution in [3.8, 4) is 0 Å². The third kappa shape index (κ3) is 4.12. The van der Waals surface area contributed by atoms with Crippen molar-refractivity contribution in [1.82, 2.24) is 24.6 Å². The van der Waals surface area contributed by atoms with Crippen molar-refractivity contribution in [3.63, 3.8) is 0 Å². The van der Waals surface area contributed by atoms with Crippen LogP contribution in [-0.2, 0) is 5.54 Å². The third-order valence-electron chi connectivity index (χ3n) is 5.77. The summed E-state index contributed by atoms with van der Waals surface area (Å²) >= 11 is 13.1. The Morgan fingerprint density at radius 3 is 2.63 bits per heavy atom. The average Bonchev–Trinajstić information content (AvgIpc) is 3.09. The Hall–Kier alpha value is -1.93. The first-order chi connectivity index (χ1) is 14.3. The third-order valence-corrected chi connectivity index (χ3v) is 6.46. The fourth-order valence-electron chi connectivity index (χ4n) is 3.79. The van der Waals surface area contributed by atoms with E-state index in [1.807, 2.05) is 19.9 Å². The Bertz CT molecular complexity index is 1060. The van der Waals surface area contributed by atoms with Gasteiger partial charge in [-0.05, 0) is 70.4 Å². The van der Waals surface area contributed by atoms with Gasteiger partial charge < -0.3 is 15.3 Å². The monoisotopic (exact) mass is 448 g/mol. The van der Waals surface area contributed by atoms with Gasteiger partial charge >= 0.3 is 0 Å². The minimum Gasteiger partial charge on any atom is -0.394 e. The smallest absolute Gasteiger partial charge is 0.227 e. The summed E-state index contributed by atoms with van der Waals surface area (Å²) in [6.45, 7) is 5.78. The molecule has 0 unspecified atom stereocenters. The molecule has 0 spiro atoms. The number of nitrogens with zero attached hydrogens (tertiary/aromatic N) is 5. The van der Waals surface area contributed by atoms with E-state index < -0.39 is 5.54 Å². The lowest BCUT2D eigenvalue weighted by atomic mass is 9.89. The summed E-state index contributed by atoms with van der Waals surface area (Å²) in [6, 6.07) is 4.03. The summed E-state index contributed by atoms with van der Waals surface area (Å²) in [4.78, 5) is 11.4. The predicted molar refractivity (Wildman–Crippen MR) is 121 cm³/mol. The second kappa shape index (κ2) is 8.30. The molecular weight excluding hydrogens is 423 g/mol. The van der Waals surface area contributed by atoms with Gasteiger partial charge in [-0.2, -0.15) is 5.10 Å². The van der Waals surface area contributed by atoms with Crippen LogP contribution >= 0.6 is 23.2 Å². The number of aromatic nitrogens is 4. The van der Waals surface area contributed by atoms with Crippen LogP contribution in [0.15, 0.2) is 24.5 Å². The van der Waals surface area contributed by atoms with E-state index in [4.69, 9.17) is 23.2 Å². The lowest BCUT2D eigenvalue weighted by Crippen LogP contribution is -2.31. The molecule has 0 aliphatic carbocycles. The molecule has 1 saturated heterocycles. The van der Waals surface area contributed by atoms with Crippen molar-refractivity contribution >= 4 is 45.7 Å². The van der Waals surface area contributed by atoms with Crippen molar-refractivity contribution in [3.05, 3.63) is 40.3 Å². The van der Waals surface area contributed by atoms with Gasteiger partial charge in [-0.3, -0.25) is 0 Å². The molecule has 160 valence electrons. The maximum Gasteiger partial charge on any atom is 0.227 e. The van der Waals surface area contributed by atoms with Crippen molar-refractivity contribution in [2.45, 2.75) is 38.1 Å². The standard InChI is InChI=1S/C21H26Cl2N6O/c1-21(2,12-30)29-19(23)18(11-25-29)27-20-24-10-14-8-16(22)15(9-17(14)26-20)13-4-6-28(3)7-5-13/h8-11,13,30H,4-7,12H2,1-3H3,(H,24,26,27). The zero-order valence-corrected chi connectivity index (χ0v) is 18.9. The number of likely N-dealkylation sites (tertiary alicyclic amines) is 1. The predicted octanol–water partition coefficient (Wildman–Crippen LogP) is 4.41. The second-order valence-electron chi connectivity index (χ2n) is 8.56. The molecule has 0 radical (unpaired) electrons. The first kappa shape index (κ1) is 21.3. The Morgan fingerprint density at radius 2 is 1.93 bits per heavy atom. The number of piperidine rings is 1. The summed E-state index contributed by atoms with van der Waals surface area (Å²) in [7, 11) is 2.15.